The fraction of sp³-hybridized carbons (Fsp3) is 0.676. The molecule has 1 aromatic carbocycles. The summed E-state index contributed by atoms with van der Waals surface area (Å²) in [4.78, 5) is 11.8. The van der Waals surface area contributed by atoms with Gasteiger partial charge in [-0.05, 0) is 41.7 Å². The molecule has 0 bridgehead atoms. The highest BCUT2D eigenvalue weighted by atomic mass is 28.4. The van der Waals surface area contributed by atoms with Crippen molar-refractivity contribution in [2.24, 2.45) is 5.92 Å². The molecule has 0 spiro atoms. The van der Waals surface area contributed by atoms with Gasteiger partial charge in [0.15, 0.2) is 8.32 Å². The fourth-order valence-electron chi connectivity index (χ4n) is 5.55. The molecule has 0 unspecified atom stereocenters. The first-order valence-corrected chi connectivity index (χ1v) is 19.0. The number of aliphatic hydroxyl groups excluding tert-OH is 1. The number of alkyl halides is 17. The van der Waals surface area contributed by atoms with Crippen molar-refractivity contribution in [2.45, 2.75) is 119 Å². The Morgan fingerprint density at radius 2 is 1.16 bits per heavy atom. The van der Waals surface area contributed by atoms with Crippen LogP contribution in [0.5, 0.6) is 5.75 Å². The maximum Gasteiger partial charge on any atom is 0.460 e. The maximum absolute atomic E-state index is 14.9. The van der Waals surface area contributed by atoms with Crippen LogP contribution in [0.1, 0.15) is 59.6 Å². The molecule has 0 aliphatic rings. The van der Waals surface area contributed by atoms with E-state index in [0.717, 1.165) is 0 Å². The van der Waals surface area contributed by atoms with E-state index in [2.05, 4.69) is 6.58 Å². The first-order valence-electron chi connectivity index (χ1n) is 16.7. The van der Waals surface area contributed by atoms with E-state index in [4.69, 9.17) is 13.9 Å². The molecule has 0 aliphatic heterocycles. The van der Waals surface area contributed by atoms with Gasteiger partial charge in [-0.3, -0.25) is 0 Å². The van der Waals surface area contributed by atoms with Gasteiger partial charge in [0.2, 0.25) is 0 Å². The molecule has 57 heavy (non-hydrogen) atoms. The Bertz CT molecular complexity index is 1520. The molecule has 23 heteroatoms. The van der Waals surface area contributed by atoms with Crippen LogP contribution in [0.25, 0.3) is 0 Å². The standard InChI is InChI=1S/C34H41F17O5Si/c1-8-14-55-25(52)18-21(6)22(7)26(53)23-9-11-24(12-10-23)54-15-16-56-57(19(2)3,20(4)5)17-13-27(35,36)28(37,38)29(39,40)30(41,42)31(43,44)32(45,46)33(47,48)34(49,50)51/h8-12,18-20,22,26,53H,1,13-17H2,2-7H3/b21-18+/t22-,26-/m0/s1. The van der Waals surface area contributed by atoms with Gasteiger partial charge in [0.05, 0.1) is 12.7 Å². The van der Waals surface area contributed by atoms with Gasteiger partial charge in [0, 0.05) is 18.4 Å². The molecular formula is C34H41F17O5Si. The number of carbonyl (C=O) groups excluding carboxylic acids is 1. The second-order valence-electron chi connectivity index (χ2n) is 13.7. The minimum absolute atomic E-state index is 0.0279. The topological polar surface area (TPSA) is 65.0 Å². The van der Waals surface area contributed by atoms with Gasteiger partial charge in [-0.15, -0.1) is 0 Å². The van der Waals surface area contributed by atoms with Crippen LogP contribution in [0.2, 0.25) is 17.1 Å². The number of hydrogen-bond donors (Lipinski definition) is 1. The number of esters is 1. The lowest BCUT2D eigenvalue weighted by molar-refractivity contribution is -0.461. The minimum Gasteiger partial charge on any atom is -0.491 e. The van der Waals surface area contributed by atoms with Crippen LogP contribution >= 0.6 is 0 Å². The van der Waals surface area contributed by atoms with Crippen molar-refractivity contribution in [1.82, 2.24) is 0 Å². The lowest BCUT2D eigenvalue weighted by atomic mass is 9.88. The van der Waals surface area contributed by atoms with Crippen molar-refractivity contribution in [3.8, 4) is 5.75 Å². The zero-order valence-corrected chi connectivity index (χ0v) is 32.0. The summed E-state index contributed by atoms with van der Waals surface area (Å²) in [5.74, 6) is -57.8. The van der Waals surface area contributed by atoms with Crippen molar-refractivity contribution in [2.75, 3.05) is 19.8 Å². The summed E-state index contributed by atoms with van der Waals surface area (Å²) in [6.07, 6.45) is -8.93. The number of aliphatic hydroxyl groups is 1. The molecule has 330 valence electrons. The van der Waals surface area contributed by atoms with Gasteiger partial charge in [0.25, 0.3) is 0 Å². The zero-order valence-electron chi connectivity index (χ0n) is 31.0. The van der Waals surface area contributed by atoms with E-state index < -0.39 is 104 Å². The van der Waals surface area contributed by atoms with Crippen molar-refractivity contribution in [3.63, 3.8) is 0 Å². The predicted molar refractivity (Wildman–Crippen MR) is 173 cm³/mol. The molecule has 0 aromatic heterocycles. The van der Waals surface area contributed by atoms with E-state index in [1.165, 1.54) is 64.1 Å². The Kier molecular flexibility index (Phi) is 16.4. The minimum atomic E-state index is -8.68. The van der Waals surface area contributed by atoms with E-state index in [-0.39, 0.29) is 19.0 Å². The third kappa shape index (κ3) is 10.0. The SMILES string of the molecule is C=CCOC(=O)/C=C(\C)[C@H](C)[C@H](O)c1ccc(OCCO[Si](CCC(F)(F)C(F)(F)C(F)(F)C(F)(F)C(F)(F)C(F)(F)C(F)(F)C(F)(F)F)(C(C)C)C(C)C)cc1. The van der Waals surface area contributed by atoms with Crippen molar-refractivity contribution in [1.29, 1.82) is 0 Å². The van der Waals surface area contributed by atoms with Crippen LogP contribution in [-0.2, 0) is 14.0 Å². The summed E-state index contributed by atoms with van der Waals surface area (Å²) in [5, 5.41) is 10.7. The molecule has 0 heterocycles. The number of benzene rings is 1. The van der Waals surface area contributed by atoms with Gasteiger partial charge in [-0.1, -0.05) is 65.0 Å². The second kappa shape index (κ2) is 18.0. The summed E-state index contributed by atoms with van der Waals surface area (Å²) in [6.45, 7) is 11.0. The molecule has 0 amide bonds. The second-order valence-corrected chi connectivity index (χ2v) is 18.7. The fourth-order valence-corrected chi connectivity index (χ4v) is 10.0. The molecular weight excluding hydrogens is 839 g/mol. The average Bonchev–Trinajstić information content (AvgIpc) is 3.08. The Morgan fingerprint density at radius 1 is 0.719 bits per heavy atom. The first kappa shape index (κ1) is 51.9. The van der Waals surface area contributed by atoms with Crippen LogP contribution in [0.15, 0.2) is 48.6 Å². The number of hydrogen-bond acceptors (Lipinski definition) is 5. The number of halogens is 17. The number of ether oxygens (including phenoxy) is 2. The highest BCUT2D eigenvalue weighted by Crippen LogP contribution is 2.64. The Hall–Kier alpha value is -3.08. The molecule has 0 saturated carbocycles. The summed E-state index contributed by atoms with van der Waals surface area (Å²) >= 11 is 0. The Morgan fingerprint density at radius 3 is 1.58 bits per heavy atom. The monoisotopic (exact) mass is 880 g/mol. The van der Waals surface area contributed by atoms with Gasteiger partial charge in [-0.2, -0.15) is 74.6 Å². The van der Waals surface area contributed by atoms with Gasteiger partial charge in [0.1, 0.15) is 19.0 Å². The summed E-state index contributed by atoms with van der Waals surface area (Å²) in [6, 6.07) is 4.36. The third-order valence-electron chi connectivity index (χ3n) is 9.40. The summed E-state index contributed by atoms with van der Waals surface area (Å²) in [5.41, 5.74) is -0.869. The number of rotatable bonds is 22. The highest BCUT2D eigenvalue weighted by Gasteiger charge is 2.95. The first-order chi connectivity index (χ1) is 25.5. The van der Waals surface area contributed by atoms with E-state index >= 15 is 0 Å². The van der Waals surface area contributed by atoms with Crippen molar-refractivity contribution < 1.29 is 98.4 Å². The number of carbonyl (C=O) groups is 1. The third-order valence-corrected chi connectivity index (χ3v) is 15.1. The lowest BCUT2D eigenvalue weighted by Gasteiger charge is -2.44. The summed E-state index contributed by atoms with van der Waals surface area (Å²) in [7, 11) is -3.96. The van der Waals surface area contributed by atoms with E-state index in [9.17, 15) is 84.5 Å². The van der Waals surface area contributed by atoms with Gasteiger partial charge >= 0.3 is 53.6 Å². The Balaban J connectivity index is 3.21. The van der Waals surface area contributed by atoms with Crippen molar-refractivity contribution in [3.05, 3.63) is 54.1 Å². The van der Waals surface area contributed by atoms with Crippen LogP contribution < -0.4 is 4.74 Å². The molecule has 2 atom stereocenters. The molecule has 0 aliphatic carbocycles. The normalized spacial score (nSPS) is 15.9. The van der Waals surface area contributed by atoms with Crippen LogP contribution in [0, 0.1) is 5.92 Å². The maximum atomic E-state index is 14.9. The molecule has 5 nitrogen and oxygen atoms in total. The quantitative estimate of drug-likeness (QED) is 0.0314. The molecule has 1 N–H and O–H groups in total. The van der Waals surface area contributed by atoms with E-state index in [1.54, 1.807) is 13.8 Å². The molecule has 0 fully saturated rings. The van der Waals surface area contributed by atoms with Gasteiger partial charge in [-0.25, -0.2) is 4.79 Å². The molecule has 1 rings (SSSR count). The van der Waals surface area contributed by atoms with E-state index in [0.29, 0.717) is 11.1 Å². The Labute approximate surface area is 317 Å². The van der Waals surface area contributed by atoms with Crippen LogP contribution in [0.4, 0.5) is 74.6 Å². The van der Waals surface area contributed by atoms with Crippen LogP contribution in [-0.4, -0.2) is 86.8 Å². The molecule has 1 aromatic rings. The summed E-state index contributed by atoms with van der Waals surface area (Å²) < 4.78 is 250. The van der Waals surface area contributed by atoms with Crippen molar-refractivity contribution >= 4 is 14.3 Å². The molecule has 0 radical (unpaired) electrons. The smallest absolute Gasteiger partial charge is 0.460 e. The zero-order chi connectivity index (χ0) is 45.0. The largest absolute Gasteiger partial charge is 0.491 e. The lowest BCUT2D eigenvalue weighted by Crippen LogP contribution is -2.74. The predicted octanol–water partition coefficient (Wildman–Crippen LogP) is 11.6. The van der Waals surface area contributed by atoms with Gasteiger partial charge < -0.3 is 19.0 Å². The van der Waals surface area contributed by atoms with E-state index in [1.807, 2.05) is 0 Å². The van der Waals surface area contributed by atoms with Crippen LogP contribution in [0.3, 0.4) is 0 Å². The average molecular weight is 881 g/mol. The highest BCUT2D eigenvalue weighted by molar-refractivity contribution is 6.76. The molecule has 0 saturated heterocycles.